The molecule has 0 aliphatic rings. The number of hydrogen-bond donors (Lipinski definition) is 1. The summed E-state index contributed by atoms with van der Waals surface area (Å²) in [4.78, 5) is 10.6. The second-order valence-electron chi connectivity index (χ2n) is 4.06. The Bertz CT molecular complexity index is 409. The molecule has 0 bridgehead atoms. The summed E-state index contributed by atoms with van der Waals surface area (Å²) in [6.07, 6.45) is 3.66. The average molecular weight is 219 g/mol. The molecule has 0 atom stereocenters. The minimum Gasteiger partial charge on any atom is -0.345 e. The van der Waals surface area contributed by atoms with Crippen molar-refractivity contribution < 1.29 is 4.79 Å². The molecule has 86 valence electrons. The van der Waals surface area contributed by atoms with Gasteiger partial charge < -0.3 is 5.32 Å². The highest BCUT2D eigenvalue weighted by molar-refractivity contribution is 5.73. The summed E-state index contributed by atoms with van der Waals surface area (Å²) in [6, 6.07) is 0. The number of carbonyl (C=O) groups excluding carboxylic acids is 1. The molecule has 1 N–H and O–H groups in total. The third-order valence-corrected chi connectivity index (χ3v) is 1.84. The lowest BCUT2D eigenvalue weighted by atomic mass is 10.2. The summed E-state index contributed by atoms with van der Waals surface area (Å²) in [7, 11) is 0. The Kier molecular flexibility index (Phi) is 4.59. The van der Waals surface area contributed by atoms with Crippen LogP contribution in [0.15, 0.2) is 12.4 Å². The van der Waals surface area contributed by atoms with Crippen molar-refractivity contribution in [2.24, 2.45) is 5.92 Å². The molecule has 1 amide bonds. The minimum atomic E-state index is -0.0650. The van der Waals surface area contributed by atoms with Crippen LogP contribution in [0, 0.1) is 17.8 Å². The van der Waals surface area contributed by atoms with Crippen LogP contribution in [-0.4, -0.2) is 22.2 Å². The van der Waals surface area contributed by atoms with Crippen molar-refractivity contribution in [3.8, 4) is 11.8 Å². The zero-order valence-corrected chi connectivity index (χ0v) is 9.95. The van der Waals surface area contributed by atoms with E-state index in [0.717, 1.165) is 12.1 Å². The molecule has 4 nitrogen and oxygen atoms in total. The highest BCUT2D eigenvalue weighted by Crippen LogP contribution is 2.00. The van der Waals surface area contributed by atoms with Gasteiger partial charge in [0.1, 0.15) is 0 Å². The maximum atomic E-state index is 10.6. The van der Waals surface area contributed by atoms with Gasteiger partial charge >= 0.3 is 0 Å². The smallest absolute Gasteiger partial charge is 0.217 e. The van der Waals surface area contributed by atoms with Gasteiger partial charge in [0.05, 0.1) is 18.3 Å². The van der Waals surface area contributed by atoms with Gasteiger partial charge in [0, 0.05) is 19.7 Å². The van der Waals surface area contributed by atoms with E-state index in [1.807, 2.05) is 10.9 Å². The highest BCUT2D eigenvalue weighted by atomic mass is 16.1. The summed E-state index contributed by atoms with van der Waals surface area (Å²) >= 11 is 0. The van der Waals surface area contributed by atoms with Gasteiger partial charge in [-0.1, -0.05) is 25.7 Å². The van der Waals surface area contributed by atoms with Crippen LogP contribution in [-0.2, 0) is 11.3 Å². The fraction of sp³-hybridized carbons (Fsp3) is 0.500. The third kappa shape index (κ3) is 4.65. The number of carbonyl (C=O) groups is 1. The Morgan fingerprint density at radius 1 is 1.62 bits per heavy atom. The summed E-state index contributed by atoms with van der Waals surface area (Å²) in [5.41, 5.74) is 0.881. The van der Waals surface area contributed by atoms with E-state index >= 15 is 0 Å². The number of aromatic nitrogens is 2. The molecule has 16 heavy (non-hydrogen) atoms. The molecule has 1 heterocycles. The van der Waals surface area contributed by atoms with Crippen LogP contribution in [0.3, 0.4) is 0 Å². The molecule has 0 saturated carbocycles. The minimum absolute atomic E-state index is 0.0650. The van der Waals surface area contributed by atoms with Crippen LogP contribution in [0.25, 0.3) is 0 Å². The first kappa shape index (κ1) is 12.3. The summed E-state index contributed by atoms with van der Waals surface area (Å²) < 4.78 is 1.88. The van der Waals surface area contributed by atoms with Crippen molar-refractivity contribution in [1.82, 2.24) is 15.1 Å². The van der Waals surface area contributed by atoms with E-state index < -0.39 is 0 Å². The first-order valence-electron chi connectivity index (χ1n) is 5.33. The molecule has 1 aromatic rings. The van der Waals surface area contributed by atoms with Crippen LogP contribution in [0.5, 0.6) is 0 Å². The Balaban J connectivity index is 2.48. The number of rotatable bonds is 3. The second kappa shape index (κ2) is 5.96. The Morgan fingerprint density at radius 3 is 3.00 bits per heavy atom. The Labute approximate surface area is 96.0 Å². The van der Waals surface area contributed by atoms with E-state index in [4.69, 9.17) is 0 Å². The molecule has 0 aliphatic heterocycles. The molecule has 0 spiro atoms. The predicted octanol–water partition coefficient (Wildman–Crippen LogP) is 1.03. The van der Waals surface area contributed by atoms with Crippen molar-refractivity contribution in [3.63, 3.8) is 0 Å². The number of amides is 1. The molecule has 0 unspecified atom stereocenters. The second-order valence-corrected chi connectivity index (χ2v) is 4.06. The summed E-state index contributed by atoms with van der Waals surface area (Å²) in [5.74, 6) is 6.31. The van der Waals surface area contributed by atoms with Gasteiger partial charge in [-0.05, 0) is 5.92 Å². The van der Waals surface area contributed by atoms with Gasteiger partial charge in [0.25, 0.3) is 0 Å². The molecular weight excluding hydrogens is 202 g/mol. The van der Waals surface area contributed by atoms with Crippen molar-refractivity contribution in [2.45, 2.75) is 27.3 Å². The maximum absolute atomic E-state index is 10.6. The summed E-state index contributed by atoms with van der Waals surface area (Å²) in [6.45, 7) is 7.04. The first-order valence-corrected chi connectivity index (χ1v) is 5.33. The molecule has 0 radical (unpaired) electrons. The van der Waals surface area contributed by atoms with Gasteiger partial charge in [-0.2, -0.15) is 5.10 Å². The lowest BCUT2D eigenvalue weighted by Gasteiger charge is -2.02. The van der Waals surface area contributed by atoms with Crippen LogP contribution in [0.2, 0.25) is 0 Å². The van der Waals surface area contributed by atoms with Crippen LogP contribution in [0.4, 0.5) is 0 Å². The van der Waals surface area contributed by atoms with Gasteiger partial charge in [-0.3, -0.25) is 9.48 Å². The van der Waals surface area contributed by atoms with Crippen molar-refractivity contribution in [1.29, 1.82) is 0 Å². The molecule has 0 fully saturated rings. The molecule has 1 aromatic heterocycles. The Morgan fingerprint density at radius 2 is 2.38 bits per heavy atom. The fourth-order valence-corrected chi connectivity index (χ4v) is 1.22. The van der Waals surface area contributed by atoms with Crippen molar-refractivity contribution in [3.05, 3.63) is 18.0 Å². The number of nitrogens with one attached hydrogen (secondary N) is 1. The van der Waals surface area contributed by atoms with Gasteiger partial charge in [-0.25, -0.2) is 0 Å². The van der Waals surface area contributed by atoms with Crippen LogP contribution in [0.1, 0.15) is 26.3 Å². The fourth-order valence-electron chi connectivity index (χ4n) is 1.22. The monoisotopic (exact) mass is 219 g/mol. The Hall–Kier alpha value is -1.76. The molecule has 0 aromatic carbocycles. The normalized spacial score (nSPS) is 9.75. The number of nitrogens with zero attached hydrogens (tertiary/aromatic N) is 2. The predicted molar refractivity (Wildman–Crippen MR) is 62.6 cm³/mol. The van der Waals surface area contributed by atoms with Crippen molar-refractivity contribution in [2.75, 3.05) is 6.54 Å². The molecular formula is C12H17N3O. The van der Waals surface area contributed by atoms with Gasteiger partial charge in [-0.15, -0.1) is 0 Å². The molecule has 1 rings (SSSR count). The maximum Gasteiger partial charge on any atom is 0.217 e. The quantitative estimate of drug-likeness (QED) is 0.772. The van der Waals surface area contributed by atoms with Crippen molar-refractivity contribution >= 4 is 5.91 Å². The van der Waals surface area contributed by atoms with E-state index in [2.05, 4.69) is 36.1 Å². The van der Waals surface area contributed by atoms with Crippen LogP contribution < -0.4 is 5.32 Å². The SMILES string of the molecule is CC(=O)NCC#Cc1cnn(CC(C)C)c1. The zero-order valence-electron chi connectivity index (χ0n) is 9.95. The van der Waals surface area contributed by atoms with Gasteiger partial charge in [0.2, 0.25) is 5.91 Å². The van der Waals surface area contributed by atoms with E-state index in [9.17, 15) is 4.79 Å². The van der Waals surface area contributed by atoms with Crippen LogP contribution >= 0.6 is 0 Å². The largest absolute Gasteiger partial charge is 0.345 e. The van der Waals surface area contributed by atoms with E-state index in [1.54, 1.807) is 6.20 Å². The van der Waals surface area contributed by atoms with Gasteiger partial charge in [0.15, 0.2) is 0 Å². The third-order valence-electron chi connectivity index (χ3n) is 1.84. The van der Waals surface area contributed by atoms with E-state index in [-0.39, 0.29) is 5.91 Å². The zero-order chi connectivity index (χ0) is 12.0. The lowest BCUT2D eigenvalue weighted by Crippen LogP contribution is -2.19. The highest BCUT2D eigenvalue weighted by Gasteiger charge is 1.98. The lowest BCUT2D eigenvalue weighted by molar-refractivity contribution is -0.118. The topological polar surface area (TPSA) is 46.9 Å². The van der Waals surface area contributed by atoms with E-state index in [0.29, 0.717) is 12.5 Å². The molecule has 0 saturated heterocycles. The number of hydrogen-bond acceptors (Lipinski definition) is 2. The molecule has 0 aliphatic carbocycles. The average Bonchev–Trinajstić information content (AvgIpc) is 2.59. The standard InChI is InChI=1S/C12H17N3O/c1-10(2)8-15-9-12(7-14-15)5-4-6-13-11(3)16/h7,9-10H,6,8H2,1-3H3,(H,13,16). The molecule has 4 heteroatoms. The van der Waals surface area contributed by atoms with E-state index in [1.165, 1.54) is 6.92 Å². The summed E-state index contributed by atoms with van der Waals surface area (Å²) in [5, 5.41) is 6.81. The first-order chi connectivity index (χ1) is 7.58.